The summed E-state index contributed by atoms with van der Waals surface area (Å²) in [5, 5.41) is 9.34. The molecular weight excluding hydrogens is 306 g/mol. The molecule has 0 saturated heterocycles. The molecule has 138 valence electrons. The summed E-state index contributed by atoms with van der Waals surface area (Å²) >= 11 is 0. The van der Waals surface area contributed by atoms with Crippen molar-refractivity contribution in [3.05, 3.63) is 0 Å². The van der Waals surface area contributed by atoms with Crippen LogP contribution in [0.5, 0.6) is 0 Å². The maximum Gasteiger partial charge on any atom is 0.309 e. The van der Waals surface area contributed by atoms with Crippen LogP contribution in [0.4, 0.5) is 0 Å². The maximum absolute atomic E-state index is 12.4. The number of nitriles is 1. The fourth-order valence-corrected chi connectivity index (χ4v) is 2.91. The molecule has 0 N–H and O–H groups in total. The number of rotatable bonds is 13. The molecule has 0 saturated carbocycles. The van der Waals surface area contributed by atoms with E-state index in [0.717, 1.165) is 32.1 Å². The van der Waals surface area contributed by atoms with Crippen LogP contribution in [0.3, 0.4) is 0 Å². The molecular formula is C19H33NO4. The molecule has 5 heteroatoms. The zero-order valence-corrected chi connectivity index (χ0v) is 15.7. The number of nitrogens with zero attached hydrogens (tertiary/aromatic N) is 1. The minimum atomic E-state index is -0.600. The molecule has 0 aliphatic rings. The van der Waals surface area contributed by atoms with Crippen molar-refractivity contribution < 1.29 is 19.1 Å². The second-order valence-corrected chi connectivity index (χ2v) is 6.06. The summed E-state index contributed by atoms with van der Waals surface area (Å²) < 4.78 is 10.4. The molecule has 0 amide bonds. The van der Waals surface area contributed by atoms with Gasteiger partial charge in [-0.3, -0.25) is 9.59 Å². The zero-order valence-electron chi connectivity index (χ0n) is 15.7. The molecule has 0 spiro atoms. The van der Waals surface area contributed by atoms with Crippen molar-refractivity contribution >= 4 is 11.9 Å². The van der Waals surface area contributed by atoms with Gasteiger partial charge in [-0.1, -0.05) is 39.5 Å². The first-order valence-corrected chi connectivity index (χ1v) is 9.28. The van der Waals surface area contributed by atoms with E-state index in [0.29, 0.717) is 12.8 Å². The number of hydrogen-bond donors (Lipinski definition) is 0. The second kappa shape index (κ2) is 13.8. The minimum Gasteiger partial charge on any atom is -0.466 e. The predicted molar refractivity (Wildman–Crippen MR) is 93.0 cm³/mol. The van der Waals surface area contributed by atoms with Crippen LogP contribution in [0.2, 0.25) is 0 Å². The molecule has 0 bridgehead atoms. The number of unbranched alkanes of at least 4 members (excludes halogenated alkanes) is 2. The molecule has 0 rings (SSSR count). The SMILES string of the molecule is CCCCCC(C(=O)OCC)C(CC(C#N)CCC)C(=O)OCC. The lowest BCUT2D eigenvalue weighted by Crippen LogP contribution is -2.34. The van der Waals surface area contributed by atoms with E-state index in [-0.39, 0.29) is 31.1 Å². The topological polar surface area (TPSA) is 76.4 Å². The van der Waals surface area contributed by atoms with Crippen molar-refractivity contribution in [3.8, 4) is 6.07 Å². The normalized spacial score (nSPS) is 14.3. The van der Waals surface area contributed by atoms with Crippen molar-refractivity contribution in [3.63, 3.8) is 0 Å². The number of carbonyl (C=O) groups is 2. The molecule has 0 aromatic heterocycles. The Morgan fingerprint density at radius 1 is 0.875 bits per heavy atom. The van der Waals surface area contributed by atoms with Gasteiger partial charge in [-0.25, -0.2) is 0 Å². The highest BCUT2D eigenvalue weighted by atomic mass is 16.5. The lowest BCUT2D eigenvalue weighted by Gasteiger charge is -2.25. The first-order chi connectivity index (χ1) is 11.5. The van der Waals surface area contributed by atoms with Crippen molar-refractivity contribution in [2.24, 2.45) is 17.8 Å². The molecule has 0 aliphatic carbocycles. The smallest absolute Gasteiger partial charge is 0.309 e. The van der Waals surface area contributed by atoms with Crippen molar-refractivity contribution in [2.75, 3.05) is 13.2 Å². The van der Waals surface area contributed by atoms with Gasteiger partial charge in [-0.2, -0.15) is 5.26 Å². The second-order valence-electron chi connectivity index (χ2n) is 6.06. The molecule has 5 nitrogen and oxygen atoms in total. The van der Waals surface area contributed by atoms with Gasteiger partial charge < -0.3 is 9.47 Å². The average Bonchev–Trinajstić information content (AvgIpc) is 2.56. The molecule has 0 fully saturated rings. The Morgan fingerprint density at radius 3 is 1.92 bits per heavy atom. The highest BCUT2D eigenvalue weighted by Crippen LogP contribution is 2.29. The Hall–Kier alpha value is -1.57. The summed E-state index contributed by atoms with van der Waals surface area (Å²) in [7, 11) is 0. The van der Waals surface area contributed by atoms with Crippen molar-refractivity contribution in [1.29, 1.82) is 5.26 Å². The Balaban J connectivity index is 5.31. The Labute approximate surface area is 146 Å². The van der Waals surface area contributed by atoms with Gasteiger partial charge in [-0.05, 0) is 33.1 Å². The van der Waals surface area contributed by atoms with Crippen LogP contribution >= 0.6 is 0 Å². The van der Waals surface area contributed by atoms with Gasteiger partial charge in [0.2, 0.25) is 0 Å². The molecule has 0 aromatic carbocycles. The Bertz CT molecular complexity index is 403. The standard InChI is InChI=1S/C19H33NO4/c1-5-9-10-12-16(18(21)23-7-3)17(19(22)24-8-4)13-15(14-20)11-6-2/h15-17H,5-13H2,1-4H3. The van der Waals surface area contributed by atoms with Gasteiger partial charge >= 0.3 is 11.9 Å². The first kappa shape index (κ1) is 22.4. The van der Waals surface area contributed by atoms with Crippen LogP contribution in [-0.2, 0) is 19.1 Å². The summed E-state index contributed by atoms with van der Waals surface area (Å²) in [4.78, 5) is 24.8. The number of carbonyl (C=O) groups excluding carboxylic acids is 2. The van der Waals surface area contributed by atoms with Crippen molar-refractivity contribution in [1.82, 2.24) is 0 Å². The van der Waals surface area contributed by atoms with Gasteiger partial charge in [0.25, 0.3) is 0 Å². The van der Waals surface area contributed by atoms with E-state index in [1.54, 1.807) is 13.8 Å². The Morgan fingerprint density at radius 2 is 1.46 bits per heavy atom. The largest absolute Gasteiger partial charge is 0.466 e. The number of ether oxygens (including phenoxy) is 2. The minimum absolute atomic E-state index is 0.243. The highest BCUT2D eigenvalue weighted by molar-refractivity contribution is 5.82. The van der Waals surface area contributed by atoms with Crippen LogP contribution in [0.25, 0.3) is 0 Å². The van der Waals surface area contributed by atoms with E-state index in [4.69, 9.17) is 9.47 Å². The lowest BCUT2D eigenvalue weighted by molar-refractivity contribution is -0.161. The van der Waals surface area contributed by atoms with Crippen LogP contribution in [0, 0.1) is 29.1 Å². The van der Waals surface area contributed by atoms with E-state index in [1.165, 1.54) is 0 Å². The third kappa shape index (κ3) is 8.33. The van der Waals surface area contributed by atoms with Gasteiger partial charge in [0.1, 0.15) is 0 Å². The van der Waals surface area contributed by atoms with Gasteiger partial charge in [-0.15, -0.1) is 0 Å². The predicted octanol–water partition coefficient (Wildman–Crippen LogP) is 4.26. The molecule has 0 aromatic rings. The summed E-state index contributed by atoms with van der Waals surface area (Å²) in [6, 6.07) is 2.26. The number of hydrogen-bond acceptors (Lipinski definition) is 5. The van der Waals surface area contributed by atoms with Crippen LogP contribution in [-0.4, -0.2) is 25.2 Å². The Kier molecular flexibility index (Phi) is 12.9. The molecule has 0 radical (unpaired) electrons. The summed E-state index contributed by atoms with van der Waals surface area (Å²) in [6.07, 6.45) is 5.45. The first-order valence-electron chi connectivity index (χ1n) is 9.28. The summed E-state index contributed by atoms with van der Waals surface area (Å²) in [5.41, 5.74) is 0. The monoisotopic (exact) mass is 339 g/mol. The van der Waals surface area contributed by atoms with Crippen LogP contribution < -0.4 is 0 Å². The summed E-state index contributed by atoms with van der Waals surface area (Å²) in [6.45, 7) is 8.16. The fourth-order valence-electron chi connectivity index (χ4n) is 2.91. The third-order valence-corrected chi connectivity index (χ3v) is 4.14. The zero-order chi connectivity index (χ0) is 18.4. The molecule has 0 heterocycles. The quantitative estimate of drug-likeness (QED) is 0.370. The van der Waals surface area contributed by atoms with E-state index in [1.807, 2.05) is 6.92 Å². The van der Waals surface area contributed by atoms with Gasteiger partial charge in [0.15, 0.2) is 0 Å². The summed E-state index contributed by atoms with van der Waals surface area (Å²) in [5.74, 6) is -2.10. The maximum atomic E-state index is 12.4. The van der Waals surface area contributed by atoms with Crippen molar-refractivity contribution in [2.45, 2.75) is 72.6 Å². The highest BCUT2D eigenvalue weighted by Gasteiger charge is 2.37. The molecule has 3 unspecified atom stereocenters. The lowest BCUT2D eigenvalue weighted by atomic mass is 9.80. The van der Waals surface area contributed by atoms with Crippen LogP contribution in [0.15, 0.2) is 0 Å². The van der Waals surface area contributed by atoms with Crippen LogP contribution in [0.1, 0.15) is 72.6 Å². The van der Waals surface area contributed by atoms with E-state index in [2.05, 4.69) is 13.0 Å². The molecule has 24 heavy (non-hydrogen) atoms. The van der Waals surface area contributed by atoms with Gasteiger partial charge in [0.05, 0.1) is 31.1 Å². The fraction of sp³-hybridized carbons (Fsp3) is 0.842. The van der Waals surface area contributed by atoms with E-state index < -0.39 is 11.8 Å². The molecule has 0 aliphatic heterocycles. The molecule has 3 atom stereocenters. The van der Waals surface area contributed by atoms with Gasteiger partial charge in [0, 0.05) is 5.92 Å². The third-order valence-electron chi connectivity index (χ3n) is 4.14. The van der Waals surface area contributed by atoms with E-state index in [9.17, 15) is 14.9 Å². The average molecular weight is 339 g/mol. The van der Waals surface area contributed by atoms with E-state index >= 15 is 0 Å². The number of esters is 2.